The molecule has 21 heavy (non-hydrogen) atoms. The van der Waals surface area contributed by atoms with E-state index >= 15 is 0 Å². The number of esters is 2. The highest BCUT2D eigenvalue weighted by atomic mass is 16.5. The standard InChI is InChI=1S/C10H13N7O4/c1-20-9(18)7-12-5-16(14-7)3-11-4-17-6-13-8(15-17)10(19)21-2/h5-6,11H,3-4H2,1-2H3. The molecule has 1 N–H and O–H groups in total. The first kappa shape index (κ1) is 14.6. The van der Waals surface area contributed by atoms with Gasteiger partial charge in [-0.25, -0.2) is 28.9 Å². The number of carbonyl (C=O) groups is 2. The van der Waals surface area contributed by atoms with Gasteiger partial charge in [-0.15, -0.1) is 10.2 Å². The molecule has 2 rings (SSSR count). The summed E-state index contributed by atoms with van der Waals surface area (Å²) in [5, 5.41) is 10.8. The zero-order valence-corrected chi connectivity index (χ0v) is 11.4. The predicted molar refractivity (Wildman–Crippen MR) is 65.9 cm³/mol. The average Bonchev–Trinajstić information content (AvgIpc) is 3.15. The third kappa shape index (κ3) is 3.60. The summed E-state index contributed by atoms with van der Waals surface area (Å²) >= 11 is 0. The van der Waals surface area contributed by atoms with Gasteiger partial charge >= 0.3 is 11.9 Å². The smallest absolute Gasteiger partial charge is 0.377 e. The van der Waals surface area contributed by atoms with Crippen LogP contribution in [0.15, 0.2) is 12.7 Å². The summed E-state index contributed by atoms with van der Waals surface area (Å²) in [6, 6.07) is 0. The topological polar surface area (TPSA) is 126 Å². The van der Waals surface area contributed by atoms with Crippen molar-refractivity contribution < 1.29 is 19.1 Å². The highest BCUT2D eigenvalue weighted by Gasteiger charge is 2.12. The van der Waals surface area contributed by atoms with Crippen LogP contribution < -0.4 is 5.32 Å². The Morgan fingerprint density at radius 2 is 1.43 bits per heavy atom. The third-order valence-electron chi connectivity index (χ3n) is 2.36. The molecule has 0 aliphatic heterocycles. The Morgan fingerprint density at radius 1 is 1.00 bits per heavy atom. The molecule has 0 saturated carbocycles. The fourth-order valence-electron chi connectivity index (χ4n) is 1.39. The quantitative estimate of drug-likeness (QED) is 0.643. The maximum absolute atomic E-state index is 11.2. The van der Waals surface area contributed by atoms with Gasteiger partial charge in [-0.2, -0.15) is 0 Å². The van der Waals surface area contributed by atoms with E-state index in [1.165, 1.54) is 36.2 Å². The van der Waals surface area contributed by atoms with Crippen LogP contribution in [0.2, 0.25) is 0 Å². The number of nitrogens with one attached hydrogen (secondary N) is 1. The van der Waals surface area contributed by atoms with Crippen molar-refractivity contribution in [1.82, 2.24) is 34.8 Å². The Bertz CT molecular complexity index is 581. The number of aromatic nitrogens is 6. The molecule has 0 bridgehead atoms. The number of rotatable bonds is 6. The average molecular weight is 295 g/mol. The molecule has 11 nitrogen and oxygen atoms in total. The molecule has 0 amide bonds. The second-order valence-corrected chi connectivity index (χ2v) is 3.76. The minimum Gasteiger partial charge on any atom is -0.463 e. The zero-order valence-electron chi connectivity index (χ0n) is 11.4. The zero-order chi connectivity index (χ0) is 15.2. The number of ether oxygens (including phenoxy) is 2. The second-order valence-electron chi connectivity index (χ2n) is 3.76. The molecule has 11 heteroatoms. The lowest BCUT2D eigenvalue weighted by molar-refractivity contribution is 0.0578. The van der Waals surface area contributed by atoms with Gasteiger partial charge < -0.3 is 9.47 Å². The lowest BCUT2D eigenvalue weighted by Crippen LogP contribution is -2.23. The second kappa shape index (κ2) is 6.56. The maximum atomic E-state index is 11.2. The Balaban J connectivity index is 1.84. The summed E-state index contributed by atoms with van der Waals surface area (Å²) in [6.07, 6.45) is 2.78. The number of methoxy groups -OCH3 is 2. The molecule has 0 unspecified atom stereocenters. The van der Waals surface area contributed by atoms with Crippen molar-refractivity contribution in [1.29, 1.82) is 0 Å². The van der Waals surface area contributed by atoms with Crippen molar-refractivity contribution >= 4 is 11.9 Å². The summed E-state index contributed by atoms with van der Waals surface area (Å²) in [5.74, 6) is -1.25. The van der Waals surface area contributed by atoms with Crippen LogP contribution in [0.4, 0.5) is 0 Å². The van der Waals surface area contributed by atoms with Crippen molar-refractivity contribution in [2.24, 2.45) is 0 Å². The summed E-state index contributed by atoms with van der Waals surface area (Å²) < 4.78 is 11.8. The van der Waals surface area contributed by atoms with E-state index in [0.717, 1.165) is 0 Å². The van der Waals surface area contributed by atoms with Crippen LogP contribution >= 0.6 is 0 Å². The summed E-state index contributed by atoms with van der Waals surface area (Å²) in [7, 11) is 2.51. The lowest BCUT2D eigenvalue weighted by Gasteiger charge is -2.03. The number of hydrogen-bond acceptors (Lipinski definition) is 9. The Hall–Kier alpha value is -2.82. The van der Waals surface area contributed by atoms with Crippen molar-refractivity contribution in [3.8, 4) is 0 Å². The van der Waals surface area contributed by atoms with Crippen molar-refractivity contribution in [3.63, 3.8) is 0 Å². The maximum Gasteiger partial charge on any atom is 0.377 e. The van der Waals surface area contributed by atoms with Crippen LogP contribution in [0.25, 0.3) is 0 Å². The van der Waals surface area contributed by atoms with Gasteiger partial charge in [-0.3, -0.25) is 5.32 Å². The SMILES string of the molecule is COC(=O)c1ncn(CNCn2cnc(C(=O)OC)n2)n1. The van der Waals surface area contributed by atoms with E-state index in [2.05, 4.69) is 35.0 Å². The number of nitrogens with zero attached hydrogens (tertiary/aromatic N) is 6. The molecule has 0 aliphatic rings. The predicted octanol–water partition coefficient (Wildman–Crippen LogP) is -1.35. The minimum absolute atomic E-state index is 0.0203. The van der Waals surface area contributed by atoms with Crippen LogP contribution in [0.1, 0.15) is 21.2 Å². The summed E-state index contributed by atoms with van der Waals surface area (Å²) in [6.45, 7) is 0.578. The van der Waals surface area contributed by atoms with Gasteiger partial charge in [0.05, 0.1) is 27.6 Å². The number of carbonyl (C=O) groups excluding carboxylic acids is 2. The largest absolute Gasteiger partial charge is 0.463 e. The van der Waals surface area contributed by atoms with E-state index in [0.29, 0.717) is 0 Å². The highest BCUT2D eigenvalue weighted by molar-refractivity contribution is 5.85. The van der Waals surface area contributed by atoms with Gasteiger partial charge in [0.2, 0.25) is 0 Å². The van der Waals surface area contributed by atoms with Gasteiger partial charge in [0.15, 0.2) is 0 Å². The van der Waals surface area contributed by atoms with E-state index < -0.39 is 11.9 Å². The molecule has 0 spiro atoms. The van der Waals surface area contributed by atoms with Crippen LogP contribution in [0.3, 0.4) is 0 Å². The first-order valence-electron chi connectivity index (χ1n) is 5.80. The normalized spacial score (nSPS) is 10.4. The molecule has 2 heterocycles. The monoisotopic (exact) mass is 295 g/mol. The Labute approximate surface area is 118 Å². The van der Waals surface area contributed by atoms with Crippen LogP contribution in [-0.2, 0) is 22.8 Å². The highest BCUT2D eigenvalue weighted by Crippen LogP contribution is 1.93. The molecule has 0 aliphatic carbocycles. The lowest BCUT2D eigenvalue weighted by atomic mass is 10.6. The third-order valence-corrected chi connectivity index (χ3v) is 2.36. The molecule has 0 atom stereocenters. The van der Waals surface area contributed by atoms with Crippen molar-refractivity contribution in [2.45, 2.75) is 13.3 Å². The van der Waals surface area contributed by atoms with Crippen LogP contribution in [0, 0.1) is 0 Å². The van der Waals surface area contributed by atoms with Gasteiger partial charge in [-0.05, 0) is 0 Å². The van der Waals surface area contributed by atoms with Gasteiger partial charge in [0.1, 0.15) is 12.7 Å². The molecular formula is C10H13N7O4. The first-order valence-corrected chi connectivity index (χ1v) is 5.80. The molecule has 0 fully saturated rings. The fourth-order valence-corrected chi connectivity index (χ4v) is 1.39. The van der Waals surface area contributed by atoms with E-state index in [9.17, 15) is 9.59 Å². The molecule has 0 saturated heterocycles. The molecule has 112 valence electrons. The molecular weight excluding hydrogens is 282 g/mol. The summed E-state index contributed by atoms with van der Waals surface area (Å²) in [4.78, 5) is 29.9. The summed E-state index contributed by atoms with van der Waals surface area (Å²) in [5.41, 5.74) is 0. The Kier molecular flexibility index (Phi) is 4.56. The minimum atomic E-state index is -0.604. The van der Waals surface area contributed by atoms with Gasteiger partial charge in [-0.1, -0.05) is 0 Å². The number of hydrogen-bond donors (Lipinski definition) is 1. The van der Waals surface area contributed by atoms with Crippen LogP contribution in [-0.4, -0.2) is 55.7 Å². The van der Waals surface area contributed by atoms with Gasteiger partial charge in [0.25, 0.3) is 11.6 Å². The van der Waals surface area contributed by atoms with E-state index in [-0.39, 0.29) is 25.0 Å². The van der Waals surface area contributed by atoms with E-state index in [1.54, 1.807) is 0 Å². The molecule has 0 radical (unpaired) electrons. The van der Waals surface area contributed by atoms with Crippen LogP contribution in [0.5, 0.6) is 0 Å². The van der Waals surface area contributed by atoms with Crippen molar-refractivity contribution in [3.05, 3.63) is 24.3 Å². The first-order chi connectivity index (χ1) is 10.1. The fraction of sp³-hybridized carbons (Fsp3) is 0.400. The molecule has 2 aromatic rings. The van der Waals surface area contributed by atoms with Crippen molar-refractivity contribution in [2.75, 3.05) is 14.2 Å². The van der Waals surface area contributed by atoms with E-state index in [4.69, 9.17) is 0 Å². The molecule has 0 aromatic carbocycles. The Morgan fingerprint density at radius 3 is 1.81 bits per heavy atom. The molecule has 2 aromatic heterocycles. The van der Waals surface area contributed by atoms with E-state index in [1.807, 2.05) is 0 Å². The van der Waals surface area contributed by atoms with Gasteiger partial charge in [0, 0.05) is 0 Å².